The average Bonchev–Trinajstić information content (AvgIpc) is 2.65. The van der Waals surface area contributed by atoms with Crippen LogP contribution in [-0.4, -0.2) is 55.8 Å². The molecule has 0 bridgehead atoms. The van der Waals surface area contributed by atoms with Crippen molar-refractivity contribution in [3.05, 3.63) is 57.4 Å². The van der Waals surface area contributed by atoms with Gasteiger partial charge >= 0.3 is 5.69 Å². The lowest BCUT2D eigenvalue weighted by atomic mass is 10.3. The van der Waals surface area contributed by atoms with Gasteiger partial charge in [-0.2, -0.15) is 4.31 Å². The maximum absolute atomic E-state index is 13.3. The Bertz CT molecular complexity index is 1010. The molecule has 150 valence electrons. The molecular weight excluding hydrogens is 413 g/mol. The maximum atomic E-state index is 13.3. The van der Waals surface area contributed by atoms with Crippen molar-refractivity contribution in [2.75, 3.05) is 33.2 Å². The lowest BCUT2D eigenvalue weighted by Gasteiger charge is -2.31. The third-order valence-electron chi connectivity index (χ3n) is 4.35. The molecule has 0 radical (unpaired) electrons. The molecule has 2 aromatic rings. The summed E-state index contributed by atoms with van der Waals surface area (Å²) < 4.78 is 45.6. The average molecular weight is 430 g/mol. The summed E-state index contributed by atoms with van der Waals surface area (Å²) >= 11 is 5.69. The molecule has 0 atom stereocenters. The minimum Gasteiger partial charge on any atom is -0.450 e. The molecule has 28 heavy (non-hydrogen) atoms. The molecule has 1 heterocycles. The van der Waals surface area contributed by atoms with Crippen LogP contribution in [0.4, 0.5) is 10.1 Å². The highest BCUT2D eigenvalue weighted by Gasteiger charge is 2.30. The first-order chi connectivity index (χ1) is 13.2. The molecule has 0 N–H and O–H groups in total. The Kier molecular flexibility index (Phi) is 5.84. The molecule has 1 saturated heterocycles. The number of benzene rings is 2. The molecular formula is C17H17ClFN3O5S. The molecule has 1 aliphatic heterocycles. The van der Waals surface area contributed by atoms with Crippen LogP contribution in [0, 0.1) is 15.9 Å². The van der Waals surface area contributed by atoms with E-state index in [0.29, 0.717) is 26.2 Å². The molecule has 11 heteroatoms. The normalized spacial score (nSPS) is 16.1. The molecule has 0 saturated carbocycles. The molecule has 1 fully saturated rings. The fraction of sp³-hybridized carbons (Fsp3) is 0.294. The minimum atomic E-state index is -3.87. The largest absolute Gasteiger partial charge is 0.450 e. The summed E-state index contributed by atoms with van der Waals surface area (Å²) in [7, 11) is -1.98. The van der Waals surface area contributed by atoms with E-state index in [1.807, 2.05) is 11.9 Å². The predicted molar refractivity (Wildman–Crippen MR) is 101 cm³/mol. The summed E-state index contributed by atoms with van der Waals surface area (Å²) in [5.41, 5.74) is -0.518. The Hall–Kier alpha value is -2.27. The number of ether oxygens (including phenoxy) is 1. The van der Waals surface area contributed by atoms with Crippen molar-refractivity contribution in [3.63, 3.8) is 0 Å². The second-order valence-electron chi connectivity index (χ2n) is 6.27. The van der Waals surface area contributed by atoms with Gasteiger partial charge in [0.05, 0.1) is 14.8 Å². The van der Waals surface area contributed by atoms with E-state index in [4.69, 9.17) is 16.3 Å². The van der Waals surface area contributed by atoms with Gasteiger partial charge in [0.1, 0.15) is 11.6 Å². The monoisotopic (exact) mass is 429 g/mol. The van der Waals surface area contributed by atoms with Crippen molar-refractivity contribution in [2.45, 2.75) is 4.90 Å². The second-order valence-corrected chi connectivity index (χ2v) is 8.62. The van der Waals surface area contributed by atoms with E-state index in [-0.39, 0.29) is 21.4 Å². The fourth-order valence-corrected chi connectivity index (χ4v) is 4.34. The number of nitro benzene ring substituents is 1. The smallest absolute Gasteiger partial charge is 0.312 e. The molecule has 3 rings (SSSR count). The van der Waals surface area contributed by atoms with Gasteiger partial charge in [-0.15, -0.1) is 0 Å². The predicted octanol–water partition coefficient (Wildman–Crippen LogP) is 3.12. The number of sulfonamides is 1. The first-order valence-corrected chi connectivity index (χ1v) is 10.1. The van der Waals surface area contributed by atoms with E-state index in [2.05, 4.69) is 0 Å². The van der Waals surface area contributed by atoms with Gasteiger partial charge in [0.2, 0.25) is 15.8 Å². The van der Waals surface area contributed by atoms with Crippen LogP contribution in [0.3, 0.4) is 0 Å². The summed E-state index contributed by atoms with van der Waals surface area (Å²) in [5, 5.41) is 11.3. The number of hydrogen-bond donors (Lipinski definition) is 0. The summed E-state index contributed by atoms with van der Waals surface area (Å²) in [6, 6.07) is 6.93. The lowest BCUT2D eigenvalue weighted by molar-refractivity contribution is -0.385. The van der Waals surface area contributed by atoms with Gasteiger partial charge < -0.3 is 9.64 Å². The SMILES string of the molecule is CN1CCN(S(=O)(=O)c2ccc(Oc3ccc(F)c(Cl)c3)c([N+](=O)[O-])c2)CC1. The van der Waals surface area contributed by atoms with Crippen molar-refractivity contribution in [1.29, 1.82) is 0 Å². The zero-order chi connectivity index (χ0) is 20.5. The number of nitro groups is 1. The highest BCUT2D eigenvalue weighted by molar-refractivity contribution is 7.89. The molecule has 0 unspecified atom stereocenters. The quantitative estimate of drug-likeness (QED) is 0.535. The van der Waals surface area contributed by atoms with Gasteiger partial charge in [-0.25, -0.2) is 12.8 Å². The Labute approximate surface area is 166 Å². The lowest BCUT2D eigenvalue weighted by Crippen LogP contribution is -2.47. The molecule has 0 aromatic heterocycles. The van der Waals surface area contributed by atoms with Crippen LogP contribution in [0.1, 0.15) is 0 Å². The van der Waals surface area contributed by atoms with E-state index < -0.39 is 26.5 Å². The number of halogens is 2. The first kappa shape index (κ1) is 20.5. The van der Waals surface area contributed by atoms with E-state index in [0.717, 1.165) is 12.1 Å². The van der Waals surface area contributed by atoms with Crippen molar-refractivity contribution in [3.8, 4) is 11.5 Å². The van der Waals surface area contributed by atoms with Crippen LogP contribution in [0.25, 0.3) is 0 Å². The molecule has 0 amide bonds. The van der Waals surface area contributed by atoms with Crippen molar-refractivity contribution in [1.82, 2.24) is 9.21 Å². The van der Waals surface area contributed by atoms with E-state index in [1.54, 1.807) is 0 Å². The molecule has 0 spiro atoms. The standard InChI is InChI=1S/C17H17ClFN3O5S/c1-20-6-8-21(9-7-20)28(25,26)13-3-5-17(16(11-13)22(23)24)27-12-2-4-15(19)14(18)10-12/h2-5,10-11H,6-9H2,1H3. The molecule has 8 nitrogen and oxygen atoms in total. The van der Waals surface area contributed by atoms with Gasteiger partial charge in [0, 0.05) is 38.3 Å². The summed E-state index contributed by atoms with van der Waals surface area (Å²) in [4.78, 5) is 12.5. The Morgan fingerprint density at radius 2 is 1.82 bits per heavy atom. The third-order valence-corrected chi connectivity index (χ3v) is 6.53. The van der Waals surface area contributed by atoms with Crippen LogP contribution in [0.15, 0.2) is 41.3 Å². The van der Waals surface area contributed by atoms with Gasteiger partial charge in [0.15, 0.2) is 0 Å². The van der Waals surface area contributed by atoms with Gasteiger partial charge in [-0.3, -0.25) is 10.1 Å². The van der Waals surface area contributed by atoms with Crippen molar-refractivity contribution in [2.24, 2.45) is 0 Å². The van der Waals surface area contributed by atoms with Gasteiger partial charge in [-0.05, 0) is 31.3 Å². The van der Waals surface area contributed by atoms with Crippen LogP contribution in [0.5, 0.6) is 11.5 Å². The third kappa shape index (κ3) is 4.25. The number of piperazine rings is 1. The topological polar surface area (TPSA) is 93.0 Å². The van der Waals surface area contributed by atoms with Crippen LogP contribution < -0.4 is 4.74 Å². The van der Waals surface area contributed by atoms with Crippen molar-refractivity contribution < 1.29 is 22.5 Å². The van der Waals surface area contributed by atoms with E-state index in [9.17, 15) is 22.9 Å². The van der Waals surface area contributed by atoms with Gasteiger partial charge in [0.25, 0.3) is 0 Å². The number of hydrogen-bond acceptors (Lipinski definition) is 6. The number of rotatable bonds is 5. The van der Waals surface area contributed by atoms with Crippen molar-refractivity contribution >= 4 is 27.3 Å². The Morgan fingerprint density at radius 1 is 1.14 bits per heavy atom. The van der Waals surface area contributed by atoms with Crippen LogP contribution in [-0.2, 0) is 10.0 Å². The zero-order valence-corrected chi connectivity index (χ0v) is 16.4. The summed E-state index contributed by atoms with van der Waals surface area (Å²) in [6.45, 7) is 1.76. The Morgan fingerprint density at radius 3 is 2.43 bits per heavy atom. The number of nitrogens with zero attached hydrogens (tertiary/aromatic N) is 3. The van der Waals surface area contributed by atoms with Crippen LogP contribution in [0.2, 0.25) is 5.02 Å². The Balaban J connectivity index is 1.92. The van der Waals surface area contributed by atoms with E-state index >= 15 is 0 Å². The molecule has 1 aliphatic rings. The van der Waals surface area contributed by atoms with E-state index in [1.165, 1.54) is 28.6 Å². The summed E-state index contributed by atoms with van der Waals surface area (Å²) in [6.07, 6.45) is 0. The highest BCUT2D eigenvalue weighted by atomic mass is 35.5. The second kappa shape index (κ2) is 8.00. The molecule has 0 aliphatic carbocycles. The minimum absolute atomic E-state index is 0.0872. The summed E-state index contributed by atoms with van der Waals surface area (Å²) in [5.74, 6) is -0.744. The fourth-order valence-electron chi connectivity index (χ4n) is 2.73. The first-order valence-electron chi connectivity index (χ1n) is 8.28. The number of likely N-dealkylation sites (N-methyl/N-ethyl adjacent to an activating group) is 1. The van der Waals surface area contributed by atoms with Gasteiger partial charge in [-0.1, -0.05) is 11.6 Å². The maximum Gasteiger partial charge on any atom is 0.312 e. The zero-order valence-electron chi connectivity index (χ0n) is 14.8. The highest BCUT2D eigenvalue weighted by Crippen LogP contribution is 2.35. The van der Waals surface area contributed by atoms with Crippen LogP contribution >= 0.6 is 11.6 Å². The molecule has 2 aromatic carbocycles.